The minimum Gasteiger partial charge on any atom is -0.466 e. The number of anilines is 1. The van der Waals surface area contributed by atoms with Gasteiger partial charge in [-0.2, -0.15) is 5.26 Å². The van der Waals surface area contributed by atoms with Crippen LogP contribution in [0.2, 0.25) is 5.02 Å². The van der Waals surface area contributed by atoms with E-state index in [0.29, 0.717) is 17.3 Å². The molecule has 0 aliphatic heterocycles. The average Bonchev–Trinajstić information content (AvgIpc) is 2.47. The third-order valence-electron chi connectivity index (χ3n) is 2.75. The van der Waals surface area contributed by atoms with Crippen molar-refractivity contribution in [3.8, 4) is 6.07 Å². The Balaban J connectivity index is 2.63. The Kier molecular flexibility index (Phi) is 7.79. The number of esters is 1. The predicted molar refractivity (Wildman–Crippen MR) is 83.5 cm³/mol. The van der Waals surface area contributed by atoms with Crippen molar-refractivity contribution in [2.45, 2.75) is 19.8 Å². The number of rotatable bonds is 7. The number of amides is 2. The van der Waals surface area contributed by atoms with Crippen LogP contribution in [-0.4, -0.2) is 36.6 Å². The van der Waals surface area contributed by atoms with Gasteiger partial charge in [0.1, 0.15) is 0 Å². The van der Waals surface area contributed by atoms with Crippen LogP contribution in [0.4, 0.5) is 10.5 Å². The zero-order chi connectivity index (χ0) is 16.4. The number of hydrogen-bond donors (Lipinski definition) is 1. The van der Waals surface area contributed by atoms with Crippen molar-refractivity contribution in [1.82, 2.24) is 4.90 Å². The molecule has 1 N–H and O–H groups in total. The van der Waals surface area contributed by atoms with Gasteiger partial charge < -0.3 is 15.0 Å². The summed E-state index contributed by atoms with van der Waals surface area (Å²) in [5, 5.41) is 11.9. The second kappa shape index (κ2) is 9.64. The number of nitrogens with one attached hydrogen (secondary N) is 1. The molecule has 0 saturated carbocycles. The van der Waals surface area contributed by atoms with Crippen molar-refractivity contribution in [2.24, 2.45) is 0 Å². The fourth-order valence-electron chi connectivity index (χ4n) is 1.73. The van der Waals surface area contributed by atoms with Gasteiger partial charge in [0.05, 0.1) is 25.5 Å². The van der Waals surface area contributed by atoms with Crippen LogP contribution in [-0.2, 0) is 9.53 Å². The first-order chi connectivity index (χ1) is 10.6. The second-order valence-corrected chi connectivity index (χ2v) is 4.83. The minimum atomic E-state index is -0.387. The Labute approximate surface area is 134 Å². The van der Waals surface area contributed by atoms with Crippen LogP contribution in [0.15, 0.2) is 24.3 Å². The number of benzene rings is 1. The maximum Gasteiger partial charge on any atom is 0.321 e. The Morgan fingerprint density at radius 2 is 2.18 bits per heavy atom. The van der Waals surface area contributed by atoms with Crippen LogP contribution in [0.25, 0.3) is 0 Å². The quantitative estimate of drug-likeness (QED) is 0.782. The van der Waals surface area contributed by atoms with Crippen molar-refractivity contribution < 1.29 is 14.3 Å². The number of urea groups is 1. The molecular weight excluding hydrogens is 306 g/mol. The van der Waals surface area contributed by atoms with Gasteiger partial charge in [0.15, 0.2) is 0 Å². The number of halogens is 1. The standard InChI is InChI=1S/C15H18ClN3O3/c1-2-22-14(20)7-10-19(9-4-8-17)15(21)18-13-6-3-5-12(16)11-13/h3,5-6,11H,2,4,7,9-10H2,1H3,(H,18,21). The van der Waals surface area contributed by atoms with Gasteiger partial charge in [-0.1, -0.05) is 17.7 Å². The summed E-state index contributed by atoms with van der Waals surface area (Å²) in [7, 11) is 0. The fraction of sp³-hybridized carbons (Fsp3) is 0.400. The molecule has 1 aromatic rings. The van der Waals surface area contributed by atoms with Crippen molar-refractivity contribution in [3.63, 3.8) is 0 Å². The topological polar surface area (TPSA) is 82.4 Å². The first kappa shape index (κ1) is 17.8. The Hall–Kier alpha value is -2.26. The highest BCUT2D eigenvalue weighted by molar-refractivity contribution is 6.30. The van der Waals surface area contributed by atoms with Crippen molar-refractivity contribution in [3.05, 3.63) is 29.3 Å². The highest BCUT2D eigenvalue weighted by Crippen LogP contribution is 2.15. The van der Waals surface area contributed by atoms with E-state index in [-0.39, 0.29) is 37.9 Å². The smallest absolute Gasteiger partial charge is 0.321 e. The molecule has 1 rings (SSSR count). The number of nitriles is 1. The molecule has 0 bridgehead atoms. The van der Waals surface area contributed by atoms with E-state index in [0.717, 1.165) is 0 Å². The van der Waals surface area contributed by atoms with Gasteiger partial charge in [0.2, 0.25) is 0 Å². The third-order valence-corrected chi connectivity index (χ3v) is 2.98. The maximum absolute atomic E-state index is 12.2. The summed E-state index contributed by atoms with van der Waals surface area (Å²) in [6.07, 6.45) is 0.272. The molecule has 0 saturated heterocycles. The summed E-state index contributed by atoms with van der Waals surface area (Å²) in [6, 6.07) is 8.34. The molecule has 0 spiro atoms. The largest absolute Gasteiger partial charge is 0.466 e. The minimum absolute atomic E-state index is 0.0856. The van der Waals surface area contributed by atoms with E-state index in [1.807, 2.05) is 6.07 Å². The lowest BCUT2D eigenvalue weighted by atomic mass is 10.3. The van der Waals surface area contributed by atoms with E-state index >= 15 is 0 Å². The molecule has 0 aromatic heterocycles. The van der Waals surface area contributed by atoms with Crippen molar-refractivity contribution >= 4 is 29.3 Å². The van der Waals surface area contributed by atoms with Crippen LogP contribution >= 0.6 is 11.6 Å². The SMILES string of the molecule is CCOC(=O)CCN(CCC#N)C(=O)Nc1cccc(Cl)c1. The molecule has 1 aromatic carbocycles. The summed E-state index contributed by atoms with van der Waals surface area (Å²) in [5.74, 6) is -0.375. The lowest BCUT2D eigenvalue weighted by Crippen LogP contribution is -2.37. The zero-order valence-corrected chi connectivity index (χ0v) is 13.1. The summed E-state index contributed by atoms with van der Waals surface area (Å²) in [5.41, 5.74) is 0.551. The van der Waals surface area contributed by atoms with E-state index in [1.165, 1.54) is 4.90 Å². The first-order valence-electron chi connectivity index (χ1n) is 6.91. The van der Waals surface area contributed by atoms with Crippen LogP contribution in [0.1, 0.15) is 19.8 Å². The maximum atomic E-state index is 12.2. The molecule has 6 nitrogen and oxygen atoms in total. The molecular formula is C15H18ClN3O3. The highest BCUT2D eigenvalue weighted by Gasteiger charge is 2.15. The molecule has 0 aliphatic carbocycles. The molecule has 2 amide bonds. The molecule has 0 aliphatic rings. The molecule has 0 atom stereocenters. The van der Waals surface area contributed by atoms with E-state index in [4.69, 9.17) is 21.6 Å². The number of hydrogen-bond acceptors (Lipinski definition) is 4. The van der Waals surface area contributed by atoms with Gasteiger partial charge in [-0.05, 0) is 25.1 Å². The molecule has 0 heterocycles. The van der Waals surface area contributed by atoms with E-state index in [9.17, 15) is 9.59 Å². The summed E-state index contributed by atoms with van der Waals surface area (Å²) in [4.78, 5) is 25.0. The molecule has 0 radical (unpaired) electrons. The first-order valence-corrected chi connectivity index (χ1v) is 7.28. The number of nitrogens with zero attached hydrogens (tertiary/aromatic N) is 2. The molecule has 22 heavy (non-hydrogen) atoms. The van der Waals surface area contributed by atoms with Crippen LogP contribution in [0, 0.1) is 11.3 Å². The monoisotopic (exact) mass is 323 g/mol. The van der Waals surface area contributed by atoms with Crippen LogP contribution < -0.4 is 5.32 Å². The zero-order valence-electron chi connectivity index (χ0n) is 12.3. The van der Waals surface area contributed by atoms with Crippen molar-refractivity contribution in [2.75, 3.05) is 25.0 Å². The van der Waals surface area contributed by atoms with Crippen LogP contribution in [0.3, 0.4) is 0 Å². The Bertz CT molecular complexity index is 557. The summed E-state index contributed by atoms with van der Waals surface area (Å²) < 4.78 is 4.83. The van der Waals surface area contributed by atoms with E-state index in [2.05, 4.69) is 5.32 Å². The summed E-state index contributed by atoms with van der Waals surface area (Å²) >= 11 is 5.86. The van der Waals surface area contributed by atoms with Gasteiger partial charge in [0.25, 0.3) is 0 Å². The van der Waals surface area contributed by atoms with E-state index in [1.54, 1.807) is 31.2 Å². The molecule has 7 heteroatoms. The molecule has 118 valence electrons. The highest BCUT2D eigenvalue weighted by atomic mass is 35.5. The van der Waals surface area contributed by atoms with Crippen LogP contribution in [0.5, 0.6) is 0 Å². The molecule has 0 unspecified atom stereocenters. The fourth-order valence-corrected chi connectivity index (χ4v) is 1.92. The Morgan fingerprint density at radius 3 is 2.82 bits per heavy atom. The predicted octanol–water partition coefficient (Wildman–Crippen LogP) is 3.04. The normalized spacial score (nSPS) is 9.68. The lowest BCUT2D eigenvalue weighted by molar-refractivity contribution is -0.143. The van der Waals surface area contributed by atoms with Crippen molar-refractivity contribution in [1.29, 1.82) is 5.26 Å². The Morgan fingerprint density at radius 1 is 1.41 bits per heavy atom. The van der Waals surface area contributed by atoms with Gasteiger partial charge in [0, 0.05) is 23.8 Å². The summed E-state index contributed by atoms with van der Waals surface area (Å²) in [6.45, 7) is 2.44. The molecule has 0 fully saturated rings. The van der Waals surface area contributed by atoms with Gasteiger partial charge in [-0.3, -0.25) is 4.79 Å². The second-order valence-electron chi connectivity index (χ2n) is 4.39. The van der Waals surface area contributed by atoms with Gasteiger partial charge in [-0.15, -0.1) is 0 Å². The van der Waals surface area contributed by atoms with Gasteiger partial charge in [-0.25, -0.2) is 4.79 Å². The number of carbonyl (C=O) groups is 2. The number of carbonyl (C=O) groups excluding carboxylic acids is 2. The average molecular weight is 324 g/mol. The lowest BCUT2D eigenvalue weighted by Gasteiger charge is -2.21. The third kappa shape index (κ3) is 6.46. The number of ether oxygens (including phenoxy) is 1. The van der Waals surface area contributed by atoms with E-state index < -0.39 is 0 Å². The van der Waals surface area contributed by atoms with Gasteiger partial charge >= 0.3 is 12.0 Å².